The van der Waals surface area contributed by atoms with Crippen LogP contribution in [0.3, 0.4) is 0 Å². The molecular formula is C21H30N4O2. The molecule has 1 saturated heterocycles. The molecule has 1 fully saturated rings. The number of benzene rings is 1. The van der Waals surface area contributed by atoms with Gasteiger partial charge in [0.1, 0.15) is 0 Å². The van der Waals surface area contributed by atoms with Crippen molar-refractivity contribution in [3.8, 4) is 0 Å². The molecule has 2 heterocycles. The molecule has 1 aliphatic heterocycles. The Morgan fingerprint density at radius 2 is 1.89 bits per heavy atom. The van der Waals surface area contributed by atoms with Gasteiger partial charge in [-0.25, -0.2) is 4.68 Å². The lowest BCUT2D eigenvalue weighted by atomic mass is 10.2. The minimum Gasteiger partial charge on any atom is -0.355 e. The molecule has 0 radical (unpaired) electrons. The molecule has 1 aromatic carbocycles. The highest BCUT2D eigenvalue weighted by Crippen LogP contribution is 2.16. The average Bonchev–Trinajstić information content (AvgIpc) is 2.88. The number of aryl methyl sites for hydroxylation is 1. The van der Waals surface area contributed by atoms with Crippen molar-refractivity contribution >= 4 is 22.7 Å². The van der Waals surface area contributed by atoms with Crippen molar-refractivity contribution in [3.05, 3.63) is 30.0 Å². The van der Waals surface area contributed by atoms with Gasteiger partial charge in [-0.2, -0.15) is 5.10 Å². The number of rotatable bonds is 7. The van der Waals surface area contributed by atoms with E-state index in [2.05, 4.69) is 15.3 Å². The van der Waals surface area contributed by atoms with Crippen LogP contribution in [0.15, 0.2) is 24.4 Å². The van der Waals surface area contributed by atoms with E-state index in [1.165, 1.54) is 30.4 Å². The predicted octanol–water partition coefficient (Wildman–Crippen LogP) is 3.15. The minimum atomic E-state index is -0.0637. The van der Waals surface area contributed by atoms with Crippen LogP contribution in [0.1, 0.15) is 55.3 Å². The van der Waals surface area contributed by atoms with E-state index in [1.54, 1.807) is 6.20 Å². The van der Waals surface area contributed by atoms with Gasteiger partial charge in [-0.1, -0.05) is 24.5 Å². The molecule has 0 atom stereocenters. The number of hydrogen-bond acceptors (Lipinski definition) is 4. The number of amides is 1. The number of hydrogen-bond donors (Lipinski definition) is 1. The normalized spacial score (nSPS) is 15.6. The smallest absolute Gasteiger partial charge is 0.247 e. The molecule has 6 heteroatoms. The molecule has 3 rings (SSSR count). The maximum atomic E-state index is 12.4. The van der Waals surface area contributed by atoms with Crippen LogP contribution in [0, 0.1) is 6.92 Å². The molecular weight excluding hydrogens is 340 g/mol. The molecule has 27 heavy (non-hydrogen) atoms. The van der Waals surface area contributed by atoms with Crippen molar-refractivity contribution in [2.75, 3.05) is 26.2 Å². The second-order valence-electron chi connectivity index (χ2n) is 7.47. The number of carbonyl (C=O) groups is 2. The Kier molecular flexibility index (Phi) is 6.98. The highest BCUT2D eigenvalue weighted by Gasteiger charge is 2.12. The van der Waals surface area contributed by atoms with Gasteiger partial charge in [0, 0.05) is 31.3 Å². The third-order valence-corrected chi connectivity index (χ3v) is 5.20. The second-order valence-corrected chi connectivity index (χ2v) is 7.47. The Balaban J connectivity index is 1.37. The van der Waals surface area contributed by atoms with Crippen molar-refractivity contribution in [2.45, 2.75) is 51.9 Å². The van der Waals surface area contributed by atoms with Gasteiger partial charge in [0.2, 0.25) is 11.8 Å². The Morgan fingerprint density at radius 1 is 1.11 bits per heavy atom. The Labute approximate surface area is 160 Å². The lowest BCUT2D eigenvalue weighted by molar-refractivity contribution is -0.121. The standard InChI is InChI=1S/C21H30N4O2/c1-17-9-10-19-18(15-17)16-23-25(19)21(27)8-6-7-20(26)22-11-14-24-12-4-2-3-5-13-24/h9-10,15-16H,2-8,11-14H2,1H3,(H,22,26). The monoisotopic (exact) mass is 370 g/mol. The quantitative estimate of drug-likeness (QED) is 0.813. The minimum absolute atomic E-state index is 0.0265. The number of aromatic nitrogens is 2. The number of nitrogens with one attached hydrogen (secondary N) is 1. The van der Waals surface area contributed by atoms with Crippen molar-refractivity contribution in [1.29, 1.82) is 0 Å². The zero-order valence-electron chi connectivity index (χ0n) is 16.2. The Morgan fingerprint density at radius 3 is 2.67 bits per heavy atom. The highest BCUT2D eigenvalue weighted by molar-refractivity contribution is 5.91. The van der Waals surface area contributed by atoms with Gasteiger partial charge in [-0.05, 0) is 51.4 Å². The van der Waals surface area contributed by atoms with Gasteiger partial charge in [-0.15, -0.1) is 0 Å². The Hall–Kier alpha value is -2.21. The largest absolute Gasteiger partial charge is 0.355 e. The van der Waals surface area contributed by atoms with E-state index in [-0.39, 0.29) is 11.8 Å². The van der Waals surface area contributed by atoms with Crippen LogP contribution >= 0.6 is 0 Å². The van der Waals surface area contributed by atoms with Gasteiger partial charge in [0.15, 0.2) is 0 Å². The van der Waals surface area contributed by atoms with Gasteiger partial charge in [-0.3, -0.25) is 9.59 Å². The molecule has 1 N–H and O–H groups in total. The molecule has 1 amide bonds. The third-order valence-electron chi connectivity index (χ3n) is 5.20. The fourth-order valence-electron chi connectivity index (χ4n) is 3.66. The van der Waals surface area contributed by atoms with Crippen LogP contribution in [0.5, 0.6) is 0 Å². The van der Waals surface area contributed by atoms with Crippen LogP contribution < -0.4 is 5.32 Å². The molecule has 0 spiro atoms. The zero-order valence-corrected chi connectivity index (χ0v) is 16.2. The molecule has 0 saturated carbocycles. The molecule has 2 aromatic rings. The summed E-state index contributed by atoms with van der Waals surface area (Å²) < 4.78 is 1.45. The summed E-state index contributed by atoms with van der Waals surface area (Å²) in [5, 5.41) is 8.15. The van der Waals surface area contributed by atoms with E-state index in [4.69, 9.17) is 0 Å². The highest BCUT2D eigenvalue weighted by atomic mass is 16.2. The fraction of sp³-hybridized carbons (Fsp3) is 0.571. The second kappa shape index (κ2) is 9.65. The number of nitrogens with zero attached hydrogens (tertiary/aromatic N) is 3. The van der Waals surface area contributed by atoms with E-state index < -0.39 is 0 Å². The molecule has 1 aliphatic rings. The summed E-state index contributed by atoms with van der Waals surface area (Å²) in [6.07, 6.45) is 8.13. The van der Waals surface area contributed by atoms with Crippen molar-refractivity contribution in [2.24, 2.45) is 0 Å². The first-order valence-corrected chi connectivity index (χ1v) is 10.1. The van der Waals surface area contributed by atoms with Gasteiger partial charge >= 0.3 is 0 Å². The van der Waals surface area contributed by atoms with Gasteiger partial charge in [0.05, 0.1) is 11.7 Å². The average molecular weight is 370 g/mol. The topological polar surface area (TPSA) is 67.2 Å². The van der Waals surface area contributed by atoms with E-state index in [9.17, 15) is 9.59 Å². The third kappa shape index (κ3) is 5.63. The molecule has 6 nitrogen and oxygen atoms in total. The van der Waals surface area contributed by atoms with E-state index in [1.807, 2.05) is 25.1 Å². The summed E-state index contributed by atoms with van der Waals surface area (Å²) in [6, 6.07) is 5.92. The van der Waals surface area contributed by atoms with Crippen molar-refractivity contribution in [1.82, 2.24) is 20.0 Å². The van der Waals surface area contributed by atoms with E-state index >= 15 is 0 Å². The zero-order chi connectivity index (χ0) is 19.1. The lowest BCUT2D eigenvalue weighted by Crippen LogP contribution is -2.35. The molecule has 146 valence electrons. The van der Waals surface area contributed by atoms with Gasteiger partial charge in [0.25, 0.3) is 0 Å². The summed E-state index contributed by atoms with van der Waals surface area (Å²) >= 11 is 0. The predicted molar refractivity (Wildman–Crippen MR) is 107 cm³/mol. The first-order valence-electron chi connectivity index (χ1n) is 10.1. The van der Waals surface area contributed by atoms with E-state index in [0.717, 1.165) is 36.1 Å². The van der Waals surface area contributed by atoms with Crippen molar-refractivity contribution in [3.63, 3.8) is 0 Å². The van der Waals surface area contributed by atoms with Crippen LogP contribution in [0.2, 0.25) is 0 Å². The number of carbonyl (C=O) groups excluding carboxylic acids is 2. The maximum Gasteiger partial charge on any atom is 0.247 e. The van der Waals surface area contributed by atoms with Crippen LogP contribution in [-0.2, 0) is 4.79 Å². The summed E-state index contributed by atoms with van der Waals surface area (Å²) in [7, 11) is 0. The maximum absolute atomic E-state index is 12.4. The SMILES string of the molecule is Cc1ccc2c(cnn2C(=O)CCCC(=O)NCCN2CCCCCC2)c1. The first-order chi connectivity index (χ1) is 13.1. The summed E-state index contributed by atoms with van der Waals surface area (Å²) in [5.74, 6) is -0.0372. The number of fused-ring (bicyclic) bond motifs is 1. The fourth-order valence-corrected chi connectivity index (χ4v) is 3.66. The summed E-state index contributed by atoms with van der Waals surface area (Å²) in [6.45, 7) is 5.91. The van der Waals surface area contributed by atoms with E-state index in [0.29, 0.717) is 25.8 Å². The van der Waals surface area contributed by atoms with Crippen molar-refractivity contribution < 1.29 is 9.59 Å². The molecule has 1 aromatic heterocycles. The van der Waals surface area contributed by atoms with Gasteiger partial charge < -0.3 is 10.2 Å². The lowest BCUT2D eigenvalue weighted by Gasteiger charge is -2.19. The molecule has 0 bridgehead atoms. The number of likely N-dealkylation sites (tertiary alicyclic amines) is 1. The molecule has 0 aliphatic carbocycles. The molecule has 0 unspecified atom stereocenters. The first kappa shape index (κ1) is 19.5. The summed E-state index contributed by atoms with van der Waals surface area (Å²) in [4.78, 5) is 26.8. The summed E-state index contributed by atoms with van der Waals surface area (Å²) in [5.41, 5.74) is 1.97. The van der Waals surface area contributed by atoms with Crippen LogP contribution in [0.25, 0.3) is 10.9 Å². The Bertz CT molecular complexity index is 776. The van der Waals surface area contributed by atoms with Crippen LogP contribution in [-0.4, -0.2) is 52.7 Å². The van der Waals surface area contributed by atoms with Crippen LogP contribution in [0.4, 0.5) is 0 Å².